The number of rotatable bonds is 11. The molecule has 1 amide bonds. The highest BCUT2D eigenvalue weighted by atomic mass is 32.2. The third-order valence-corrected chi connectivity index (χ3v) is 6.59. The molecule has 0 unspecified atom stereocenters. The van der Waals surface area contributed by atoms with Gasteiger partial charge in [-0.1, -0.05) is 30.8 Å². The van der Waals surface area contributed by atoms with Crippen molar-refractivity contribution in [1.29, 1.82) is 0 Å². The fourth-order valence-electron chi connectivity index (χ4n) is 3.93. The molecule has 4 rings (SSSR count). The van der Waals surface area contributed by atoms with Gasteiger partial charge in [-0.05, 0) is 43.9 Å². The smallest absolute Gasteiger partial charge is 0.224 e. The van der Waals surface area contributed by atoms with Crippen LogP contribution < -0.4 is 15.0 Å². The van der Waals surface area contributed by atoms with E-state index in [0.29, 0.717) is 26.1 Å². The minimum atomic E-state index is -0.0119. The van der Waals surface area contributed by atoms with Crippen molar-refractivity contribution in [2.45, 2.75) is 51.2 Å². The minimum Gasteiger partial charge on any atom is -0.494 e. The van der Waals surface area contributed by atoms with Gasteiger partial charge in [-0.25, -0.2) is 14.6 Å². The maximum absolute atomic E-state index is 12.4. The lowest BCUT2D eigenvalue weighted by molar-refractivity contribution is -0.120. The Bertz CT molecular complexity index is 1060. The number of fused-ring (bicyclic) bond motifs is 1. The molecule has 1 aliphatic rings. The maximum atomic E-state index is 12.4. The Hall–Kier alpha value is -2.81. The zero-order chi connectivity index (χ0) is 23.0. The van der Waals surface area contributed by atoms with Crippen molar-refractivity contribution < 1.29 is 9.53 Å². The molecule has 3 aromatic rings. The molecule has 0 radical (unpaired) electrons. The first kappa shape index (κ1) is 23.4. The van der Waals surface area contributed by atoms with E-state index in [1.54, 1.807) is 11.8 Å². The Balaban J connectivity index is 1.40. The van der Waals surface area contributed by atoms with Crippen molar-refractivity contribution in [3.8, 4) is 5.75 Å². The molecule has 1 N–H and O–H groups in total. The number of benzene rings is 1. The van der Waals surface area contributed by atoms with Crippen molar-refractivity contribution in [2.24, 2.45) is 0 Å². The predicted octanol–water partition coefficient (Wildman–Crippen LogP) is 3.69. The highest BCUT2D eigenvalue weighted by Crippen LogP contribution is 2.29. The Morgan fingerprint density at radius 2 is 1.94 bits per heavy atom. The van der Waals surface area contributed by atoms with Crippen LogP contribution >= 0.6 is 11.8 Å². The van der Waals surface area contributed by atoms with E-state index in [0.717, 1.165) is 58.6 Å². The summed E-state index contributed by atoms with van der Waals surface area (Å²) in [4.78, 5) is 24.4. The third-order valence-electron chi connectivity index (χ3n) is 5.54. The van der Waals surface area contributed by atoms with Gasteiger partial charge in [0.1, 0.15) is 11.6 Å². The van der Waals surface area contributed by atoms with Gasteiger partial charge in [0.2, 0.25) is 5.91 Å². The molecule has 1 fully saturated rings. The first-order valence-electron chi connectivity index (χ1n) is 11.8. The average molecular weight is 469 g/mol. The number of carbonyl (C=O) groups is 1. The molecule has 0 spiro atoms. The van der Waals surface area contributed by atoms with Crippen LogP contribution in [0, 0.1) is 0 Å². The van der Waals surface area contributed by atoms with Crippen molar-refractivity contribution in [2.75, 3.05) is 36.9 Å². The van der Waals surface area contributed by atoms with Gasteiger partial charge >= 0.3 is 0 Å². The van der Waals surface area contributed by atoms with Crippen LogP contribution in [0.3, 0.4) is 0 Å². The molecule has 0 bridgehead atoms. The van der Waals surface area contributed by atoms with E-state index in [4.69, 9.17) is 14.7 Å². The van der Waals surface area contributed by atoms with Crippen LogP contribution in [0.1, 0.15) is 38.7 Å². The lowest BCUT2D eigenvalue weighted by Gasteiger charge is -2.18. The second-order valence-electron chi connectivity index (χ2n) is 8.08. The average Bonchev–Trinajstić information content (AvgIpc) is 3.49. The summed E-state index contributed by atoms with van der Waals surface area (Å²) < 4.78 is 7.33. The first-order chi connectivity index (χ1) is 16.2. The number of thioether (sulfide) groups is 1. The Labute approximate surface area is 199 Å². The number of ether oxygens (including phenoxy) is 1. The summed E-state index contributed by atoms with van der Waals surface area (Å²) >= 11 is 1.69. The van der Waals surface area contributed by atoms with Gasteiger partial charge in [-0.2, -0.15) is 5.10 Å². The fourth-order valence-corrected chi connectivity index (χ4v) is 4.62. The zero-order valence-corrected chi connectivity index (χ0v) is 20.2. The second-order valence-corrected chi connectivity index (χ2v) is 9.14. The predicted molar refractivity (Wildman–Crippen MR) is 132 cm³/mol. The molecule has 33 heavy (non-hydrogen) atoms. The number of nitrogens with one attached hydrogen (secondary N) is 1. The quantitative estimate of drug-likeness (QED) is 0.339. The maximum Gasteiger partial charge on any atom is 0.224 e. The zero-order valence-electron chi connectivity index (χ0n) is 19.4. The molecule has 9 heteroatoms. The van der Waals surface area contributed by atoms with Crippen molar-refractivity contribution in [3.05, 3.63) is 36.0 Å². The Morgan fingerprint density at radius 3 is 2.67 bits per heavy atom. The van der Waals surface area contributed by atoms with Crippen LogP contribution in [0.5, 0.6) is 5.75 Å². The number of anilines is 1. The number of hydrogen-bond donors (Lipinski definition) is 1. The SMILES string of the molecule is CCCSc1nc(N2CCCC2)c2cnn(CCNC(=O)Cc3ccc(OCC)cc3)c2n1. The first-order valence-corrected chi connectivity index (χ1v) is 12.8. The lowest BCUT2D eigenvalue weighted by atomic mass is 10.1. The molecule has 3 heterocycles. The molecular weight excluding hydrogens is 436 g/mol. The molecule has 2 aromatic heterocycles. The Kier molecular flexibility index (Phi) is 8.04. The summed E-state index contributed by atoms with van der Waals surface area (Å²) in [5, 5.41) is 9.36. The topological polar surface area (TPSA) is 85.2 Å². The number of aromatic nitrogens is 4. The molecule has 1 saturated heterocycles. The van der Waals surface area contributed by atoms with Gasteiger partial charge < -0.3 is 15.0 Å². The number of carbonyl (C=O) groups excluding carboxylic acids is 1. The van der Waals surface area contributed by atoms with Gasteiger partial charge in [0.05, 0.1) is 31.2 Å². The van der Waals surface area contributed by atoms with Crippen molar-refractivity contribution >= 4 is 34.5 Å². The van der Waals surface area contributed by atoms with Gasteiger partial charge in [-0.3, -0.25) is 4.79 Å². The molecule has 0 saturated carbocycles. The summed E-state index contributed by atoms with van der Waals surface area (Å²) in [5.41, 5.74) is 1.80. The largest absolute Gasteiger partial charge is 0.494 e. The van der Waals surface area contributed by atoms with Crippen LogP contribution in [0.4, 0.5) is 5.82 Å². The molecule has 0 aliphatic carbocycles. The number of hydrogen-bond acceptors (Lipinski definition) is 7. The van der Waals surface area contributed by atoms with Crippen LogP contribution in [-0.2, 0) is 17.8 Å². The fraction of sp³-hybridized carbons (Fsp3) is 0.500. The van der Waals surface area contributed by atoms with E-state index in [9.17, 15) is 4.79 Å². The van der Waals surface area contributed by atoms with Crippen LogP contribution in [0.25, 0.3) is 11.0 Å². The Morgan fingerprint density at radius 1 is 1.15 bits per heavy atom. The summed E-state index contributed by atoms with van der Waals surface area (Å²) in [5.74, 6) is 2.78. The second kappa shape index (κ2) is 11.4. The van der Waals surface area contributed by atoms with E-state index in [2.05, 4.69) is 22.2 Å². The lowest BCUT2D eigenvalue weighted by Crippen LogP contribution is -2.29. The van der Waals surface area contributed by atoms with Crippen LogP contribution in [0.15, 0.2) is 35.6 Å². The number of nitrogens with zero attached hydrogens (tertiary/aromatic N) is 5. The summed E-state index contributed by atoms with van der Waals surface area (Å²) in [7, 11) is 0. The van der Waals surface area contributed by atoms with E-state index in [1.165, 1.54) is 12.8 Å². The van der Waals surface area contributed by atoms with Gasteiger partial charge in [0, 0.05) is 25.4 Å². The standard InChI is InChI=1S/C24H32N6O2S/c1-3-15-33-24-27-22(29-12-5-6-13-29)20-17-26-30(23(20)28-24)14-11-25-21(31)16-18-7-9-19(10-8-18)32-4-2/h7-10,17H,3-6,11-16H2,1-2H3,(H,25,31). The van der Waals surface area contributed by atoms with Crippen molar-refractivity contribution in [1.82, 2.24) is 25.1 Å². The molecule has 1 aliphatic heterocycles. The van der Waals surface area contributed by atoms with E-state index >= 15 is 0 Å². The summed E-state index contributed by atoms with van der Waals surface area (Å²) in [6.45, 7) is 7.85. The summed E-state index contributed by atoms with van der Waals surface area (Å²) in [6, 6.07) is 7.65. The van der Waals surface area contributed by atoms with Crippen LogP contribution in [0.2, 0.25) is 0 Å². The molecule has 8 nitrogen and oxygen atoms in total. The molecular formula is C24H32N6O2S. The summed E-state index contributed by atoms with van der Waals surface area (Å²) in [6.07, 6.45) is 5.66. The number of amides is 1. The van der Waals surface area contributed by atoms with Gasteiger partial charge in [-0.15, -0.1) is 0 Å². The monoisotopic (exact) mass is 468 g/mol. The minimum absolute atomic E-state index is 0.0119. The molecule has 1 aromatic carbocycles. The normalized spacial score (nSPS) is 13.6. The molecule has 0 atom stereocenters. The van der Waals surface area contributed by atoms with Gasteiger partial charge in [0.15, 0.2) is 10.8 Å². The van der Waals surface area contributed by atoms with Gasteiger partial charge in [0.25, 0.3) is 0 Å². The van der Waals surface area contributed by atoms with E-state index < -0.39 is 0 Å². The van der Waals surface area contributed by atoms with E-state index in [-0.39, 0.29) is 5.91 Å². The van der Waals surface area contributed by atoms with Crippen LogP contribution in [-0.4, -0.2) is 57.6 Å². The highest BCUT2D eigenvalue weighted by molar-refractivity contribution is 7.99. The highest BCUT2D eigenvalue weighted by Gasteiger charge is 2.20. The molecule has 176 valence electrons. The van der Waals surface area contributed by atoms with Crippen molar-refractivity contribution in [3.63, 3.8) is 0 Å². The third kappa shape index (κ3) is 5.96. The van der Waals surface area contributed by atoms with E-state index in [1.807, 2.05) is 42.1 Å².